The molecule has 0 fully saturated rings. The monoisotopic (exact) mass is 282 g/mol. The van der Waals surface area contributed by atoms with Crippen LogP contribution in [0, 0.1) is 0 Å². The third-order valence-electron chi connectivity index (χ3n) is 2.96. The average Bonchev–Trinajstić information content (AvgIpc) is 2.72. The van der Waals surface area contributed by atoms with Crippen molar-refractivity contribution in [3.63, 3.8) is 0 Å². The molecule has 0 aromatic carbocycles. The van der Waals surface area contributed by atoms with Crippen molar-refractivity contribution in [1.82, 2.24) is 20.3 Å². The number of hydrogen-bond donors (Lipinski definition) is 2. The van der Waals surface area contributed by atoms with Crippen molar-refractivity contribution in [2.24, 2.45) is 0 Å². The molecule has 1 unspecified atom stereocenters. The third-order valence-corrected chi connectivity index (χ3v) is 2.96. The van der Waals surface area contributed by atoms with Crippen molar-refractivity contribution in [2.75, 3.05) is 0 Å². The molecule has 20 heavy (non-hydrogen) atoms. The summed E-state index contributed by atoms with van der Waals surface area (Å²) in [6.45, 7) is 9.44. The van der Waals surface area contributed by atoms with Crippen LogP contribution >= 0.6 is 0 Å². The second-order valence-corrected chi connectivity index (χ2v) is 5.88. The Kier molecular flexibility index (Phi) is 4.86. The Balaban J connectivity index is 3.02. The van der Waals surface area contributed by atoms with E-state index in [9.17, 15) is 9.59 Å². The molecule has 1 heterocycles. The van der Waals surface area contributed by atoms with Crippen molar-refractivity contribution < 1.29 is 14.7 Å². The van der Waals surface area contributed by atoms with Crippen molar-refractivity contribution in [3.05, 3.63) is 11.4 Å². The second-order valence-electron chi connectivity index (χ2n) is 5.88. The molecule has 0 saturated heterocycles. The first kappa shape index (κ1) is 16.1. The Labute approximate surface area is 118 Å². The molecule has 0 aliphatic carbocycles. The molecule has 0 saturated carbocycles. The van der Waals surface area contributed by atoms with Gasteiger partial charge in [0.05, 0.1) is 5.69 Å². The number of amides is 1. The molecular formula is C13H22N4O3. The van der Waals surface area contributed by atoms with E-state index in [2.05, 4.69) is 15.6 Å². The van der Waals surface area contributed by atoms with Crippen LogP contribution in [-0.4, -0.2) is 38.0 Å². The fraction of sp³-hybridized carbons (Fsp3) is 0.692. The van der Waals surface area contributed by atoms with Crippen molar-refractivity contribution in [3.8, 4) is 0 Å². The number of carboxylic acid groups (broad SMARTS) is 1. The molecule has 112 valence electrons. The number of aromatic nitrogens is 3. The Hall–Kier alpha value is -1.92. The standard InChI is InChI=1S/C13H22N4O3/c1-6-8(2)14-9(18)7-17-11(13(3,4)5)10(12(19)20)15-16-17/h8H,6-7H2,1-5H3,(H,14,18)(H,19,20). The van der Waals surface area contributed by atoms with Gasteiger partial charge in [0.1, 0.15) is 6.54 Å². The van der Waals surface area contributed by atoms with Gasteiger partial charge in [-0.05, 0) is 13.3 Å². The zero-order valence-electron chi connectivity index (χ0n) is 12.6. The smallest absolute Gasteiger partial charge is 0.358 e. The maximum atomic E-state index is 11.9. The maximum Gasteiger partial charge on any atom is 0.358 e. The van der Waals surface area contributed by atoms with Gasteiger partial charge in [0.2, 0.25) is 5.91 Å². The van der Waals surface area contributed by atoms with Gasteiger partial charge in [0.25, 0.3) is 0 Å². The molecule has 1 aromatic heterocycles. The number of nitrogens with zero attached hydrogens (tertiary/aromatic N) is 3. The molecule has 0 spiro atoms. The molecule has 0 radical (unpaired) electrons. The molecule has 0 bridgehead atoms. The molecule has 2 N–H and O–H groups in total. The van der Waals surface area contributed by atoms with E-state index in [1.54, 1.807) is 0 Å². The molecule has 7 heteroatoms. The van der Waals surface area contributed by atoms with E-state index >= 15 is 0 Å². The van der Waals surface area contributed by atoms with Crippen LogP contribution in [0.4, 0.5) is 0 Å². The highest BCUT2D eigenvalue weighted by Gasteiger charge is 2.29. The van der Waals surface area contributed by atoms with Gasteiger partial charge in [-0.15, -0.1) is 5.10 Å². The predicted octanol–water partition coefficient (Wildman–Crippen LogP) is 1.19. The summed E-state index contributed by atoms with van der Waals surface area (Å²) < 4.78 is 1.36. The zero-order chi connectivity index (χ0) is 15.5. The van der Waals surface area contributed by atoms with Gasteiger partial charge in [-0.3, -0.25) is 4.79 Å². The Morgan fingerprint density at radius 1 is 1.40 bits per heavy atom. The zero-order valence-corrected chi connectivity index (χ0v) is 12.6. The summed E-state index contributed by atoms with van der Waals surface area (Å²) in [5.74, 6) is -1.34. The number of nitrogens with one attached hydrogen (secondary N) is 1. The SMILES string of the molecule is CCC(C)NC(=O)Cn1nnc(C(=O)O)c1C(C)(C)C. The molecule has 1 rings (SSSR count). The van der Waals surface area contributed by atoms with Crippen molar-refractivity contribution >= 4 is 11.9 Å². The highest BCUT2D eigenvalue weighted by atomic mass is 16.4. The number of aromatic carboxylic acids is 1. The lowest BCUT2D eigenvalue weighted by Gasteiger charge is -2.20. The first-order valence-corrected chi connectivity index (χ1v) is 6.63. The van der Waals surface area contributed by atoms with E-state index in [-0.39, 0.29) is 24.2 Å². The first-order chi connectivity index (χ1) is 9.16. The molecule has 1 amide bonds. The van der Waals surface area contributed by atoms with Crippen molar-refractivity contribution in [2.45, 2.75) is 59.0 Å². The lowest BCUT2D eigenvalue weighted by Crippen LogP contribution is -2.36. The summed E-state index contributed by atoms with van der Waals surface area (Å²) in [5.41, 5.74) is -0.119. The quantitative estimate of drug-likeness (QED) is 0.845. The van der Waals surface area contributed by atoms with Gasteiger partial charge in [-0.1, -0.05) is 32.9 Å². The molecule has 1 aromatic rings. The number of carboxylic acids is 1. The van der Waals surface area contributed by atoms with Crippen LogP contribution < -0.4 is 5.32 Å². The van der Waals surface area contributed by atoms with Crippen molar-refractivity contribution in [1.29, 1.82) is 0 Å². The highest BCUT2D eigenvalue weighted by Crippen LogP contribution is 2.24. The molecule has 1 atom stereocenters. The van der Waals surface area contributed by atoms with E-state index in [0.29, 0.717) is 5.69 Å². The van der Waals surface area contributed by atoms with Gasteiger partial charge < -0.3 is 10.4 Å². The highest BCUT2D eigenvalue weighted by molar-refractivity contribution is 5.87. The molecule has 0 aliphatic heterocycles. The van der Waals surface area contributed by atoms with Crippen LogP contribution in [0.3, 0.4) is 0 Å². The molecule has 7 nitrogen and oxygen atoms in total. The number of rotatable bonds is 5. The Morgan fingerprint density at radius 3 is 2.45 bits per heavy atom. The summed E-state index contributed by atoms with van der Waals surface area (Å²) in [5, 5.41) is 19.4. The van der Waals surface area contributed by atoms with E-state index in [4.69, 9.17) is 5.11 Å². The summed E-state index contributed by atoms with van der Waals surface area (Å²) in [6, 6.07) is 0.0723. The van der Waals surface area contributed by atoms with E-state index in [1.165, 1.54) is 4.68 Å². The second kappa shape index (κ2) is 6.02. The average molecular weight is 282 g/mol. The van der Waals surface area contributed by atoms with Crippen LogP contribution in [0.2, 0.25) is 0 Å². The Bertz CT molecular complexity index is 502. The van der Waals surface area contributed by atoms with Crippen LogP contribution in [0.1, 0.15) is 57.2 Å². The van der Waals surface area contributed by atoms with Crippen LogP contribution in [0.5, 0.6) is 0 Å². The summed E-state index contributed by atoms with van der Waals surface area (Å²) in [7, 11) is 0. The van der Waals surface area contributed by atoms with Gasteiger partial charge in [0, 0.05) is 11.5 Å². The minimum Gasteiger partial charge on any atom is -0.476 e. The van der Waals surface area contributed by atoms with Crippen LogP contribution in [0.15, 0.2) is 0 Å². The summed E-state index contributed by atoms with van der Waals surface area (Å²) >= 11 is 0. The fourth-order valence-corrected chi connectivity index (χ4v) is 1.87. The first-order valence-electron chi connectivity index (χ1n) is 6.63. The summed E-state index contributed by atoms with van der Waals surface area (Å²) in [4.78, 5) is 23.1. The largest absolute Gasteiger partial charge is 0.476 e. The molecule has 0 aliphatic rings. The minimum atomic E-state index is -1.14. The number of carbonyl (C=O) groups excluding carboxylic acids is 1. The van der Waals surface area contributed by atoms with E-state index in [1.807, 2.05) is 34.6 Å². The van der Waals surface area contributed by atoms with Gasteiger partial charge in [-0.25, -0.2) is 9.48 Å². The van der Waals surface area contributed by atoms with E-state index < -0.39 is 11.4 Å². The summed E-state index contributed by atoms with van der Waals surface area (Å²) in [6.07, 6.45) is 0.829. The predicted molar refractivity (Wildman–Crippen MR) is 73.6 cm³/mol. The van der Waals surface area contributed by atoms with Crippen LogP contribution in [0.25, 0.3) is 0 Å². The normalized spacial score (nSPS) is 13.1. The number of carbonyl (C=O) groups is 2. The lowest BCUT2D eigenvalue weighted by atomic mass is 9.90. The minimum absolute atomic E-state index is 0.0305. The maximum absolute atomic E-state index is 11.9. The van der Waals surface area contributed by atoms with Gasteiger partial charge in [0.15, 0.2) is 5.69 Å². The third kappa shape index (κ3) is 3.79. The van der Waals surface area contributed by atoms with E-state index in [0.717, 1.165) is 6.42 Å². The molecular weight excluding hydrogens is 260 g/mol. The van der Waals surface area contributed by atoms with Crippen LogP contribution in [-0.2, 0) is 16.8 Å². The van der Waals surface area contributed by atoms with Gasteiger partial charge in [-0.2, -0.15) is 0 Å². The lowest BCUT2D eigenvalue weighted by molar-refractivity contribution is -0.122. The topological polar surface area (TPSA) is 97.1 Å². The fourth-order valence-electron chi connectivity index (χ4n) is 1.87. The van der Waals surface area contributed by atoms with Gasteiger partial charge >= 0.3 is 5.97 Å². The number of hydrogen-bond acceptors (Lipinski definition) is 4. The Morgan fingerprint density at radius 2 is 2.00 bits per heavy atom.